The van der Waals surface area contributed by atoms with Crippen LogP contribution in [0.4, 0.5) is 13.2 Å². The van der Waals surface area contributed by atoms with E-state index in [0.717, 1.165) is 32.1 Å². The molecule has 2 N–H and O–H groups in total. The van der Waals surface area contributed by atoms with Gasteiger partial charge in [0.25, 0.3) is 0 Å². The minimum Gasteiger partial charge on any atom is -0.372 e. The summed E-state index contributed by atoms with van der Waals surface area (Å²) in [6, 6.07) is 0. The second-order valence-corrected chi connectivity index (χ2v) is 5.15. The van der Waals surface area contributed by atoms with Crippen LogP contribution < -0.4 is 5.73 Å². The van der Waals surface area contributed by atoms with Crippen LogP contribution in [0.3, 0.4) is 0 Å². The van der Waals surface area contributed by atoms with Gasteiger partial charge in [0.05, 0.1) is 18.6 Å². The van der Waals surface area contributed by atoms with Crippen LogP contribution >= 0.6 is 0 Å². The molecular formula is C12H18F3N3O2. The van der Waals surface area contributed by atoms with Gasteiger partial charge in [0.2, 0.25) is 5.89 Å². The Labute approximate surface area is 114 Å². The van der Waals surface area contributed by atoms with Gasteiger partial charge < -0.3 is 15.0 Å². The Balaban J connectivity index is 1.83. The van der Waals surface area contributed by atoms with Crippen LogP contribution in [0.5, 0.6) is 0 Å². The molecule has 1 aliphatic carbocycles. The van der Waals surface area contributed by atoms with Gasteiger partial charge in [0.1, 0.15) is 6.61 Å². The van der Waals surface area contributed by atoms with Gasteiger partial charge in [-0.1, -0.05) is 24.4 Å². The molecule has 0 saturated heterocycles. The molecule has 0 amide bonds. The normalized spacial score (nSPS) is 19.2. The smallest absolute Gasteiger partial charge is 0.372 e. The third kappa shape index (κ3) is 4.17. The lowest BCUT2D eigenvalue weighted by atomic mass is 9.82. The molecule has 0 atom stereocenters. The molecule has 0 spiro atoms. The monoisotopic (exact) mass is 293 g/mol. The van der Waals surface area contributed by atoms with E-state index in [1.54, 1.807) is 0 Å². The standard InChI is InChI=1S/C12H18F3N3O2/c13-12(14,15)8-19-7-4-9-17-10(18-20-9)11(16)5-2-1-3-6-11/h1-8,16H2. The minimum atomic E-state index is -4.32. The number of hydrogen-bond donors (Lipinski definition) is 1. The summed E-state index contributed by atoms with van der Waals surface area (Å²) in [5.41, 5.74) is 5.68. The second-order valence-electron chi connectivity index (χ2n) is 5.15. The fourth-order valence-corrected chi connectivity index (χ4v) is 2.31. The average Bonchev–Trinajstić information content (AvgIpc) is 2.84. The van der Waals surface area contributed by atoms with Crippen LogP contribution in [0.15, 0.2) is 4.52 Å². The zero-order valence-electron chi connectivity index (χ0n) is 11.1. The number of alkyl halides is 3. The molecular weight excluding hydrogens is 275 g/mol. The SMILES string of the molecule is NC1(c2noc(CCOCC(F)(F)F)n2)CCCCC1. The summed E-state index contributed by atoms with van der Waals surface area (Å²) >= 11 is 0. The summed E-state index contributed by atoms with van der Waals surface area (Å²) in [5.74, 6) is 0.709. The lowest BCUT2D eigenvalue weighted by molar-refractivity contribution is -0.173. The van der Waals surface area contributed by atoms with E-state index in [2.05, 4.69) is 14.9 Å². The van der Waals surface area contributed by atoms with Crippen molar-refractivity contribution in [1.82, 2.24) is 10.1 Å². The zero-order valence-corrected chi connectivity index (χ0v) is 11.1. The van der Waals surface area contributed by atoms with Crippen molar-refractivity contribution in [2.75, 3.05) is 13.2 Å². The van der Waals surface area contributed by atoms with Gasteiger partial charge in [-0.3, -0.25) is 0 Å². The lowest BCUT2D eigenvalue weighted by Crippen LogP contribution is -2.39. The predicted octanol–water partition coefficient (Wildman–Crippen LogP) is 2.31. The molecule has 2 rings (SSSR count). The third-order valence-corrected chi connectivity index (χ3v) is 3.39. The van der Waals surface area contributed by atoms with E-state index in [1.807, 2.05) is 0 Å². The Morgan fingerprint density at radius 1 is 1.25 bits per heavy atom. The third-order valence-electron chi connectivity index (χ3n) is 3.39. The summed E-state index contributed by atoms with van der Waals surface area (Å²) in [6.45, 7) is -1.38. The van der Waals surface area contributed by atoms with E-state index in [4.69, 9.17) is 10.3 Å². The molecule has 0 aliphatic heterocycles. The Morgan fingerprint density at radius 2 is 1.95 bits per heavy atom. The van der Waals surface area contributed by atoms with Gasteiger partial charge in [-0.15, -0.1) is 0 Å². The van der Waals surface area contributed by atoms with Gasteiger partial charge in [0.15, 0.2) is 5.82 Å². The van der Waals surface area contributed by atoms with Crippen LogP contribution in [0.25, 0.3) is 0 Å². The molecule has 1 fully saturated rings. The molecule has 0 aromatic carbocycles. The van der Waals surface area contributed by atoms with Crippen molar-refractivity contribution >= 4 is 0 Å². The van der Waals surface area contributed by atoms with Gasteiger partial charge in [-0.2, -0.15) is 18.2 Å². The summed E-state index contributed by atoms with van der Waals surface area (Å²) < 4.78 is 45.2. The molecule has 1 saturated carbocycles. The number of ether oxygens (including phenoxy) is 1. The van der Waals surface area contributed by atoms with E-state index < -0.39 is 18.3 Å². The quantitative estimate of drug-likeness (QED) is 0.843. The van der Waals surface area contributed by atoms with Crippen molar-refractivity contribution < 1.29 is 22.4 Å². The summed E-state index contributed by atoms with van der Waals surface area (Å²) in [5, 5.41) is 3.85. The topological polar surface area (TPSA) is 74.2 Å². The van der Waals surface area contributed by atoms with Crippen LogP contribution in [0.2, 0.25) is 0 Å². The Hall–Kier alpha value is -1.15. The highest BCUT2D eigenvalue weighted by Crippen LogP contribution is 2.32. The lowest BCUT2D eigenvalue weighted by Gasteiger charge is -2.29. The van der Waals surface area contributed by atoms with Crippen molar-refractivity contribution in [2.45, 2.75) is 50.2 Å². The molecule has 1 aliphatic rings. The molecule has 0 bridgehead atoms. The molecule has 1 aromatic heterocycles. The molecule has 1 aromatic rings. The molecule has 5 nitrogen and oxygen atoms in total. The first kappa shape index (κ1) is 15.2. The first-order valence-corrected chi connectivity index (χ1v) is 6.65. The fraction of sp³-hybridized carbons (Fsp3) is 0.833. The number of rotatable bonds is 5. The molecule has 1 heterocycles. The van der Waals surface area contributed by atoms with Gasteiger partial charge in [-0.25, -0.2) is 0 Å². The number of aromatic nitrogens is 2. The average molecular weight is 293 g/mol. The number of hydrogen-bond acceptors (Lipinski definition) is 5. The van der Waals surface area contributed by atoms with Gasteiger partial charge in [-0.05, 0) is 12.8 Å². The van der Waals surface area contributed by atoms with Crippen molar-refractivity contribution in [3.05, 3.63) is 11.7 Å². The predicted molar refractivity (Wildman–Crippen MR) is 63.8 cm³/mol. The summed E-state index contributed by atoms with van der Waals surface area (Å²) in [4.78, 5) is 4.18. The largest absolute Gasteiger partial charge is 0.411 e. The van der Waals surface area contributed by atoms with Gasteiger partial charge in [0, 0.05) is 0 Å². The Bertz CT molecular complexity index is 428. The van der Waals surface area contributed by atoms with E-state index in [-0.39, 0.29) is 18.9 Å². The highest BCUT2D eigenvalue weighted by atomic mass is 19.4. The van der Waals surface area contributed by atoms with E-state index in [1.165, 1.54) is 0 Å². The maximum Gasteiger partial charge on any atom is 0.411 e. The maximum atomic E-state index is 11.9. The molecule has 114 valence electrons. The highest BCUT2D eigenvalue weighted by Gasteiger charge is 2.34. The van der Waals surface area contributed by atoms with E-state index in [9.17, 15) is 13.2 Å². The van der Waals surface area contributed by atoms with Crippen molar-refractivity contribution in [3.8, 4) is 0 Å². The second kappa shape index (κ2) is 6.09. The number of halogens is 3. The molecule has 0 unspecified atom stereocenters. The van der Waals surface area contributed by atoms with Crippen LogP contribution in [-0.4, -0.2) is 29.5 Å². The van der Waals surface area contributed by atoms with Crippen LogP contribution in [0, 0.1) is 0 Å². The minimum absolute atomic E-state index is 0.112. The maximum absolute atomic E-state index is 11.9. The number of nitrogens with two attached hydrogens (primary N) is 1. The first-order valence-electron chi connectivity index (χ1n) is 6.65. The summed E-state index contributed by atoms with van der Waals surface area (Å²) in [7, 11) is 0. The van der Waals surface area contributed by atoms with E-state index >= 15 is 0 Å². The number of nitrogens with zero attached hydrogens (tertiary/aromatic N) is 2. The summed E-state index contributed by atoms with van der Waals surface area (Å²) in [6.07, 6.45) is 0.634. The highest BCUT2D eigenvalue weighted by molar-refractivity contribution is 5.05. The molecule has 0 radical (unpaired) electrons. The van der Waals surface area contributed by atoms with E-state index in [0.29, 0.717) is 5.82 Å². The van der Waals surface area contributed by atoms with Crippen LogP contribution in [0.1, 0.15) is 43.8 Å². The fourth-order valence-electron chi connectivity index (χ4n) is 2.31. The molecule has 20 heavy (non-hydrogen) atoms. The Morgan fingerprint density at radius 3 is 2.60 bits per heavy atom. The Kier molecular flexibility index (Phi) is 4.64. The van der Waals surface area contributed by atoms with Crippen molar-refractivity contribution in [3.63, 3.8) is 0 Å². The zero-order chi connectivity index (χ0) is 14.6. The van der Waals surface area contributed by atoms with Crippen molar-refractivity contribution in [2.24, 2.45) is 5.73 Å². The van der Waals surface area contributed by atoms with Crippen LogP contribution in [-0.2, 0) is 16.7 Å². The first-order chi connectivity index (χ1) is 9.39. The van der Waals surface area contributed by atoms with Gasteiger partial charge >= 0.3 is 6.18 Å². The molecule has 8 heteroatoms. The van der Waals surface area contributed by atoms with Crippen molar-refractivity contribution in [1.29, 1.82) is 0 Å².